The quantitative estimate of drug-likeness (QED) is 0.236. The molecule has 1 aromatic heterocycles. The van der Waals surface area contributed by atoms with Gasteiger partial charge in [-0.15, -0.1) is 24.0 Å². The number of guanidine groups is 1. The molecule has 2 aromatic rings. The van der Waals surface area contributed by atoms with Crippen molar-refractivity contribution in [1.29, 1.82) is 0 Å². The average Bonchev–Trinajstić information content (AvgIpc) is 3.05. The minimum absolute atomic E-state index is 0. The van der Waals surface area contributed by atoms with Gasteiger partial charge >= 0.3 is 0 Å². The Kier molecular flexibility index (Phi) is 10.4. The van der Waals surface area contributed by atoms with Gasteiger partial charge in [0.2, 0.25) is 0 Å². The van der Waals surface area contributed by atoms with Crippen LogP contribution in [0.5, 0.6) is 0 Å². The topological polar surface area (TPSA) is 60.7 Å². The van der Waals surface area contributed by atoms with Crippen molar-refractivity contribution in [3.63, 3.8) is 0 Å². The van der Waals surface area contributed by atoms with Gasteiger partial charge in [-0.25, -0.2) is 0 Å². The summed E-state index contributed by atoms with van der Waals surface area (Å²) in [5.74, 6) is 0.785. The van der Waals surface area contributed by atoms with Crippen LogP contribution in [0.3, 0.4) is 0 Å². The molecule has 0 bridgehead atoms. The highest BCUT2D eigenvalue weighted by Crippen LogP contribution is 2.28. The molecular formula is C22H35ClIN7. The third kappa shape index (κ3) is 7.25. The number of hydrogen-bond donors (Lipinski definition) is 2. The smallest absolute Gasteiger partial charge is 0.191 e. The van der Waals surface area contributed by atoms with E-state index in [4.69, 9.17) is 11.6 Å². The lowest BCUT2D eigenvalue weighted by molar-refractivity contribution is 0.312. The summed E-state index contributed by atoms with van der Waals surface area (Å²) in [6.45, 7) is 10.6. The number of likely N-dealkylation sites (N-methyl/N-ethyl adjacent to an activating group) is 1. The van der Waals surface area contributed by atoms with Gasteiger partial charge < -0.3 is 20.4 Å². The monoisotopic (exact) mass is 559 g/mol. The Hall–Kier alpha value is -1.52. The molecule has 1 aliphatic rings. The summed E-state index contributed by atoms with van der Waals surface area (Å²) in [5.41, 5.74) is 4.59. The molecule has 1 aromatic carbocycles. The molecule has 0 unspecified atom stereocenters. The zero-order chi connectivity index (χ0) is 21.5. The number of aromatic nitrogens is 2. The lowest BCUT2D eigenvalue weighted by Crippen LogP contribution is -2.45. The molecule has 1 aliphatic heterocycles. The van der Waals surface area contributed by atoms with Crippen LogP contribution in [0, 0.1) is 13.8 Å². The first-order chi connectivity index (χ1) is 14.5. The Morgan fingerprint density at radius 3 is 2.55 bits per heavy atom. The molecular weight excluding hydrogens is 525 g/mol. The summed E-state index contributed by atoms with van der Waals surface area (Å²) in [6, 6.07) is 8.27. The lowest BCUT2D eigenvalue weighted by atomic mass is 10.1. The van der Waals surface area contributed by atoms with Crippen molar-refractivity contribution in [2.45, 2.75) is 33.4 Å². The molecule has 172 valence electrons. The summed E-state index contributed by atoms with van der Waals surface area (Å²) in [5, 5.41) is 12.1. The Morgan fingerprint density at radius 1 is 1.16 bits per heavy atom. The van der Waals surface area contributed by atoms with E-state index in [2.05, 4.69) is 61.3 Å². The zero-order valence-electron chi connectivity index (χ0n) is 19.0. The van der Waals surface area contributed by atoms with E-state index in [1.54, 1.807) is 7.05 Å². The Balaban J connectivity index is 0.00000341. The first-order valence-electron chi connectivity index (χ1n) is 10.6. The van der Waals surface area contributed by atoms with Gasteiger partial charge in [0.05, 0.1) is 5.69 Å². The average molecular weight is 560 g/mol. The predicted molar refractivity (Wildman–Crippen MR) is 141 cm³/mol. The Bertz CT molecular complexity index is 860. The van der Waals surface area contributed by atoms with Crippen molar-refractivity contribution in [3.8, 4) is 0 Å². The number of anilines is 1. The molecule has 0 atom stereocenters. The fourth-order valence-corrected chi connectivity index (χ4v) is 4.03. The first-order valence-corrected chi connectivity index (χ1v) is 11.0. The highest BCUT2D eigenvalue weighted by Gasteiger charge is 2.18. The summed E-state index contributed by atoms with van der Waals surface area (Å²) in [4.78, 5) is 9.14. The molecule has 9 heteroatoms. The van der Waals surface area contributed by atoms with Crippen LogP contribution in [0.1, 0.15) is 23.4 Å². The Morgan fingerprint density at radius 2 is 1.90 bits per heavy atom. The maximum atomic E-state index is 6.57. The molecule has 2 N–H and O–H groups in total. The largest absolute Gasteiger partial charge is 0.369 e. The van der Waals surface area contributed by atoms with Crippen LogP contribution in [0.15, 0.2) is 29.3 Å². The first kappa shape index (κ1) is 25.7. The van der Waals surface area contributed by atoms with Crippen LogP contribution in [-0.2, 0) is 13.1 Å². The van der Waals surface area contributed by atoms with Gasteiger partial charge in [0.15, 0.2) is 5.96 Å². The zero-order valence-corrected chi connectivity index (χ0v) is 22.1. The van der Waals surface area contributed by atoms with Gasteiger partial charge in [0.1, 0.15) is 0 Å². The van der Waals surface area contributed by atoms with Crippen LogP contribution < -0.4 is 15.5 Å². The summed E-state index contributed by atoms with van der Waals surface area (Å²) < 4.78 is 2.05. The van der Waals surface area contributed by atoms with E-state index in [1.807, 2.05) is 19.1 Å². The van der Waals surface area contributed by atoms with E-state index in [0.717, 1.165) is 67.9 Å². The van der Waals surface area contributed by atoms with Gasteiger partial charge in [0.25, 0.3) is 0 Å². The molecule has 2 heterocycles. The predicted octanol–water partition coefficient (Wildman–Crippen LogP) is 3.28. The highest BCUT2D eigenvalue weighted by atomic mass is 127. The third-order valence-electron chi connectivity index (χ3n) is 5.54. The number of aliphatic imine (C=N–C) groups is 1. The Labute approximate surface area is 208 Å². The van der Waals surface area contributed by atoms with Crippen molar-refractivity contribution in [2.75, 3.05) is 51.7 Å². The number of nitrogens with zero attached hydrogens (tertiary/aromatic N) is 5. The number of hydrogen-bond acceptors (Lipinski definition) is 4. The fourth-order valence-electron chi connectivity index (χ4n) is 3.80. The number of aryl methyl sites for hydroxylation is 3. The van der Waals surface area contributed by atoms with E-state index in [-0.39, 0.29) is 24.0 Å². The minimum atomic E-state index is 0. The van der Waals surface area contributed by atoms with Crippen LogP contribution >= 0.6 is 35.6 Å². The third-order valence-corrected chi connectivity index (χ3v) is 5.89. The molecule has 1 saturated heterocycles. The molecule has 0 amide bonds. The molecule has 31 heavy (non-hydrogen) atoms. The van der Waals surface area contributed by atoms with Crippen molar-refractivity contribution in [2.24, 2.45) is 4.99 Å². The SMILES string of the molecule is CN=C(NCCCn1nc(C)cc1C)NCc1c(Cl)cccc1N1CCN(C)CC1.I. The van der Waals surface area contributed by atoms with Crippen LogP contribution in [-0.4, -0.2) is 67.5 Å². The second-order valence-electron chi connectivity index (χ2n) is 7.88. The highest BCUT2D eigenvalue weighted by molar-refractivity contribution is 14.0. The summed E-state index contributed by atoms with van der Waals surface area (Å²) >= 11 is 6.57. The maximum absolute atomic E-state index is 6.57. The van der Waals surface area contributed by atoms with E-state index in [1.165, 1.54) is 11.4 Å². The van der Waals surface area contributed by atoms with E-state index in [0.29, 0.717) is 6.54 Å². The van der Waals surface area contributed by atoms with Crippen LogP contribution in [0.4, 0.5) is 5.69 Å². The normalized spacial score (nSPS) is 15.0. The number of piperazine rings is 1. The van der Waals surface area contributed by atoms with Crippen molar-refractivity contribution in [1.82, 2.24) is 25.3 Å². The van der Waals surface area contributed by atoms with Gasteiger partial charge in [-0.3, -0.25) is 9.67 Å². The van der Waals surface area contributed by atoms with Gasteiger partial charge in [0, 0.05) is 74.8 Å². The molecule has 3 rings (SSSR count). The molecule has 7 nitrogen and oxygen atoms in total. The molecule has 0 spiro atoms. The van der Waals surface area contributed by atoms with Gasteiger partial charge in [-0.1, -0.05) is 17.7 Å². The summed E-state index contributed by atoms with van der Waals surface area (Å²) in [6.07, 6.45) is 0.974. The fraction of sp³-hybridized carbons (Fsp3) is 0.545. The number of halogens is 2. The number of rotatable bonds is 7. The van der Waals surface area contributed by atoms with E-state index < -0.39 is 0 Å². The summed E-state index contributed by atoms with van der Waals surface area (Å²) in [7, 11) is 3.96. The molecule has 0 saturated carbocycles. The van der Waals surface area contributed by atoms with Crippen LogP contribution in [0.25, 0.3) is 0 Å². The lowest BCUT2D eigenvalue weighted by Gasteiger charge is -2.35. The second-order valence-corrected chi connectivity index (χ2v) is 8.29. The van der Waals surface area contributed by atoms with Crippen LogP contribution in [0.2, 0.25) is 5.02 Å². The molecule has 1 fully saturated rings. The maximum Gasteiger partial charge on any atom is 0.191 e. The number of benzene rings is 1. The van der Waals surface area contributed by atoms with Crippen molar-refractivity contribution in [3.05, 3.63) is 46.2 Å². The van der Waals surface area contributed by atoms with Gasteiger partial charge in [-0.2, -0.15) is 5.10 Å². The molecule has 0 aliphatic carbocycles. The second kappa shape index (κ2) is 12.5. The number of nitrogens with one attached hydrogen (secondary N) is 2. The van der Waals surface area contributed by atoms with E-state index in [9.17, 15) is 0 Å². The van der Waals surface area contributed by atoms with Crippen molar-refractivity contribution < 1.29 is 0 Å². The van der Waals surface area contributed by atoms with Gasteiger partial charge in [-0.05, 0) is 45.5 Å². The minimum Gasteiger partial charge on any atom is -0.369 e. The molecule has 0 radical (unpaired) electrons. The van der Waals surface area contributed by atoms with Crippen molar-refractivity contribution >= 4 is 47.2 Å². The standard InChI is InChI=1S/C22H34ClN7.HI/c1-17-15-18(2)30(27-17)10-6-9-25-22(24-3)26-16-19-20(23)7-5-8-21(19)29-13-11-28(4)12-14-29;/h5,7-8,15H,6,9-14,16H2,1-4H3,(H2,24,25,26);1H. The van der Waals surface area contributed by atoms with E-state index >= 15 is 0 Å².